The molecule has 0 amide bonds. The largest absolute Gasteiger partial charge is 0.384 e. The van der Waals surface area contributed by atoms with Gasteiger partial charge in [-0.1, -0.05) is 16.8 Å². The topological polar surface area (TPSA) is 48.2 Å². The quantitative estimate of drug-likeness (QED) is 0.844. The summed E-state index contributed by atoms with van der Waals surface area (Å²) in [5, 5.41) is 4.17. The van der Waals surface area contributed by atoms with Crippen LogP contribution in [0.25, 0.3) is 0 Å². The third-order valence-corrected chi connectivity index (χ3v) is 5.62. The summed E-state index contributed by atoms with van der Waals surface area (Å²) in [6.07, 6.45) is 3.26. The second-order valence-electron chi connectivity index (χ2n) is 5.76. The van der Waals surface area contributed by atoms with Crippen LogP contribution in [0.15, 0.2) is 16.7 Å². The molecular weight excluding hydrogens is 296 g/mol. The minimum absolute atomic E-state index is 0.0210. The van der Waals surface area contributed by atoms with E-state index < -0.39 is 0 Å². The Balaban J connectivity index is 1.50. The standard InChI is InChI=1S/C14H15ClN2O2S/c1-18-7-14(4-5-14)13-16-12(19-17-13)9-6-8(9)10-2-3-11(15)20-10/h2-3,8-9H,4-7H2,1H3/t8-,9-/m1/s1. The number of nitrogens with zero attached hydrogens (tertiary/aromatic N) is 2. The molecule has 4 nitrogen and oxygen atoms in total. The van der Waals surface area contributed by atoms with Crippen molar-refractivity contribution in [2.75, 3.05) is 13.7 Å². The summed E-state index contributed by atoms with van der Waals surface area (Å²) in [4.78, 5) is 5.94. The summed E-state index contributed by atoms with van der Waals surface area (Å²) in [7, 11) is 1.72. The molecule has 6 heteroatoms. The van der Waals surface area contributed by atoms with Gasteiger partial charge in [-0.25, -0.2) is 0 Å². The van der Waals surface area contributed by atoms with Gasteiger partial charge in [0.05, 0.1) is 16.4 Å². The molecule has 0 saturated heterocycles. The minimum atomic E-state index is 0.0210. The van der Waals surface area contributed by atoms with E-state index >= 15 is 0 Å². The van der Waals surface area contributed by atoms with Crippen LogP contribution in [0.1, 0.15) is 47.7 Å². The van der Waals surface area contributed by atoms with E-state index in [0.29, 0.717) is 18.4 Å². The average Bonchev–Trinajstić information content (AvgIpc) is 3.31. The monoisotopic (exact) mass is 310 g/mol. The molecule has 2 aromatic rings. The average molecular weight is 311 g/mol. The normalized spacial score (nSPS) is 26.7. The zero-order chi connectivity index (χ0) is 13.7. The Bertz CT molecular complexity index is 635. The lowest BCUT2D eigenvalue weighted by atomic mass is 10.1. The molecule has 2 fully saturated rings. The van der Waals surface area contributed by atoms with Crippen molar-refractivity contribution in [1.29, 1.82) is 0 Å². The maximum atomic E-state index is 5.99. The number of ether oxygens (including phenoxy) is 1. The molecule has 4 rings (SSSR count). The predicted octanol–water partition coefficient (Wildman–Crippen LogP) is 3.73. The molecule has 0 radical (unpaired) electrons. The Morgan fingerprint density at radius 2 is 2.30 bits per heavy atom. The van der Waals surface area contributed by atoms with Crippen molar-refractivity contribution >= 4 is 22.9 Å². The first-order valence-corrected chi connectivity index (χ1v) is 7.99. The van der Waals surface area contributed by atoms with Gasteiger partial charge in [-0.3, -0.25) is 0 Å². The summed E-state index contributed by atoms with van der Waals surface area (Å²) in [5.74, 6) is 2.46. The van der Waals surface area contributed by atoms with Crippen LogP contribution in [0.3, 0.4) is 0 Å². The molecule has 0 aliphatic heterocycles. The van der Waals surface area contributed by atoms with Gasteiger partial charge < -0.3 is 9.26 Å². The number of thiophene rings is 1. The van der Waals surface area contributed by atoms with E-state index in [9.17, 15) is 0 Å². The van der Waals surface area contributed by atoms with Crippen molar-refractivity contribution in [1.82, 2.24) is 10.1 Å². The number of aromatic nitrogens is 2. The van der Waals surface area contributed by atoms with E-state index in [2.05, 4.69) is 16.2 Å². The van der Waals surface area contributed by atoms with Gasteiger partial charge in [0.25, 0.3) is 0 Å². The summed E-state index contributed by atoms with van der Waals surface area (Å²) < 4.78 is 11.6. The van der Waals surface area contributed by atoms with Crippen molar-refractivity contribution in [2.24, 2.45) is 0 Å². The lowest BCUT2D eigenvalue weighted by Gasteiger charge is -2.07. The van der Waals surface area contributed by atoms with Crippen LogP contribution in [0.2, 0.25) is 4.34 Å². The van der Waals surface area contributed by atoms with Gasteiger partial charge in [0.2, 0.25) is 5.89 Å². The lowest BCUT2D eigenvalue weighted by Crippen LogP contribution is -2.15. The van der Waals surface area contributed by atoms with E-state index in [0.717, 1.165) is 35.3 Å². The Labute approximate surface area is 126 Å². The summed E-state index contributed by atoms with van der Waals surface area (Å²) in [6.45, 7) is 0.681. The van der Waals surface area contributed by atoms with Crippen LogP contribution >= 0.6 is 22.9 Å². The number of halogens is 1. The second kappa shape index (κ2) is 4.55. The van der Waals surface area contributed by atoms with Crippen molar-refractivity contribution < 1.29 is 9.26 Å². The molecule has 2 saturated carbocycles. The SMILES string of the molecule is COCC1(c2noc([C@@H]3C[C@H]3c3ccc(Cl)s3)n2)CC1. The smallest absolute Gasteiger partial charge is 0.230 e. The van der Waals surface area contributed by atoms with Crippen LogP contribution in [0, 0.1) is 0 Å². The Morgan fingerprint density at radius 3 is 2.95 bits per heavy atom. The van der Waals surface area contributed by atoms with Crippen molar-refractivity contribution in [3.8, 4) is 0 Å². The van der Waals surface area contributed by atoms with Crippen LogP contribution in [-0.4, -0.2) is 23.9 Å². The van der Waals surface area contributed by atoms with E-state index in [1.54, 1.807) is 18.4 Å². The number of hydrogen-bond donors (Lipinski definition) is 0. The molecule has 0 spiro atoms. The molecule has 2 atom stereocenters. The fourth-order valence-electron chi connectivity index (χ4n) is 2.77. The van der Waals surface area contributed by atoms with E-state index in [1.807, 2.05) is 6.07 Å². The van der Waals surface area contributed by atoms with E-state index in [4.69, 9.17) is 20.9 Å². The summed E-state index contributed by atoms with van der Waals surface area (Å²) >= 11 is 7.63. The van der Waals surface area contributed by atoms with Crippen molar-refractivity contribution in [3.05, 3.63) is 33.1 Å². The highest BCUT2D eigenvalue weighted by Gasteiger charge is 2.50. The zero-order valence-corrected chi connectivity index (χ0v) is 12.7. The molecule has 0 unspecified atom stereocenters. The van der Waals surface area contributed by atoms with Crippen LogP contribution in [0.5, 0.6) is 0 Å². The predicted molar refractivity (Wildman–Crippen MR) is 76.5 cm³/mol. The molecule has 2 aliphatic carbocycles. The van der Waals surface area contributed by atoms with Gasteiger partial charge >= 0.3 is 0 Å². The Hall–Kier alpha value is -0.910. The van der Waals surface area contributed by atoms with Crippen LogP contribution in [0.4, 0.5) is 0 Å². The van der Waals surface area contributed by atoms with Gasteiger partial charge in [-0.2, -0.15) is 4.98 Å². The van der Waals surface area contributed by atoms with Crippen LogP contribution in [-0.2, 0) is 10.2 Å². The van der Waals surface area contributed by atoms with Crippen molar-refractivity contribution in [3.63, 3.8) is 0 Å². The highest BCUT2D eigenvalue weighted by Crippen LogP contribution is 2.56. The molecule has 0 N–H and O–H groups in total. The highest BCUT2D eigenvalue weighted by atomic mass is 35.5. The molecule has 2 heterocycles. The number of hydrogen-bond acceptors (Lipinski definition) is 5. The third-order valence-electron chi connectivity index (χ3n) is 4.26. The highest BCUT2D eigenvalue weighted by molar-refractivity contribution is 7.16. The van der Waals surface area contributed by atoms with Crippen molar-refractivity contribution in [2.45, 2.75) is 36.5 Å². The molecule has 106 valence electrons. The molecule has 2 aromatic heterocycles. The summed E-state index contributed by atoms with van der Waals surface area (Å²) in [5.41, 5.74) is 0.0210. The molecule has 0 aromatic carbocycles. The van der Waals surface area contributed by atoms with Gasteiger partial charge in [-0.05, 0) is 31.4 Å². The van der Waals surface area contributed by atoms with E-state index in [-0.39, 0.29) is 5.41 Å². The molecule has 20 heavy (non-hydrogen) atoms. The third kappa shape index (κ3) is 2.08. The molecular formula is C14H15ClN2O2S. The van der Waals surface area contributed by atoms with E-state index in [1.165, 1.54) is 4.88 Å². The van der Waals surface area contributed by atoms with Crippen LogP contribution < -0.4 is 0 Å². The first kappa shape index (κ1) is 12.8. The first-order chi connectivity index (χ1) is 9.72. The van der Waals surface area contributed by atoms with Gasteiger partial charge in [-0.15, -0.1) is 11.3 Å². The maximum absolute atomic E-state index is 5.99. The first-order valence-electron chi connectivity index (χ1n) is 6.80. The zero-order valence-electron chi connectivity index (χ0n) is 11.1. The van der Waals surface area contributed by atoms with Gasteiger partial charge in [0.1, 0.15) is 0 Å². The number of methoxy groups -OCH3 is 1. The van der Waals surface area contributed by atoms with Gasteiger partial charge in [0, 0.05) is 23.8 Å². The second-order valence-corrected chi connectivity index (χ2v) is 7.51. The number of rotatable bonds is 5. The maximum Gasteiger partial charge on any atom is 0.230 e. The molecule has 0 bridgehead atoms. The van der Waals surface area contributed by atoms with Gasteiger partial charge in [0.15, 0.2) is 5.82 Å². The Morgan fingerprint density at radius 1 is 1.45 bits per heavy atom. The summed E-state index contributed by atoms with van der Waals surface area (Å²) in [6, 6.07) is 4.05. The fourth-order valence-corrected chi connectivity index (χ4v) is 4.01. The lowest BCUT2D eigenvalue weighted by molar-refractivity contribution is 0.166. The molecule has 2 aliphatic rings. The fraction of sp³-hybridized carbons (Fsp3) is 0.571. The minimum Gasteiger partial charge on any atom is -0.384 e. The Kier molecular flexibility index (Phi) is 2.91.